The Bertz CT molecular complexity index is 634. The first-order valence-corrected chi connectivity index (χ1v) is 11.2. The van der Waals surface area contributed by atoms with Crippen molar-refractivity contribution in [2.75, 3.05) is 0 Å². The summed E-state index contributed by atoms with van der Waals surface area (Å²) in [7, 11) is 0. The van der Waals surface area contributed by atoms with Gasteiger partial charge in [-0.15, -0.1) is 0 Å². The number of aliphatic carboxylic acids is 4. The summed E-state index contributed by atoms with van der Waals surface area (Å²) < 4.78 is 10.5. The quantitative estimate of drug-likeness (QED) is 0.328. The van der Waals surface area contributed by atoms with Crippen molar-refractivity contribution in [2.45, 2.75) is 89.6 Å². The lowest BCUT2D eigenvalue weighted by atomic mass is 9.81. The fraction of sp³-hybridized carbons (Fsp3) is 0.818. The number of carboxylic acid groups (broad SMARTS) is 4. The van der Waals surface area contributed by atoms with Crippen LogP contribution in [0.5, 0.6) is 0 Å². The van der Waals surface area contributed by atoms with Crippen LogP contribution in [0.15, 0.2) is 0 Å². The lowest BCUT2D eigenvalue weighted by molar-refractivity contribution is -0.145. The van der Waals surface area contributed by atoms with Crippen molar-refractivity contribution in [1.29, 1.82) is 0 Å². The molecule has 2 aliphatic carbocycles. The Hall–Kier alpha value is -2.20. The lowest BCUT2D eigenvalue weighted by Crippen LogP contribution is -2.28. The Morgan fingerprint density at radius 3 is 1.22 bits per heavy atom. The molecule has 8 unspecified atom stereocenters. The number of carboxylic acids is 4. The van der Waals surface area contributed by atoms with Crippen molar-refractivity contribution in [2.24, 2.45) is 23.7 Å². The van der Waals surface area contributed by atoms with Crippen LogP contribution in [0, 0.1) is 23.7 Å². The molecule has 0 aromatic heterocycles. The van der Waals surface area contributed by atoms with Gasteiger partial charge >= 0.3 is 23.9 Å². The first-order valence-electron chi connectivity index (χ1n) is 11.2. The van der Waals surface area contributed by atoms with Gasteiger partial charge in [-0.05, 0) is 50.4 Å². The number of fused-ring (bicyclic) bond motifs is 2. The molecule has 10 heteroatoms. The topological polar surface area (TPSA) is 174 Å². The number of hydrogen-bond donors (Lipinski definition) is 4. The minimum atomic E-state index is -0.870. The van der Waals surface area contributed by atoms with Crippen molar-refractivity contribution >= 4 is 23.9 Å². The molecule has 4 fully saturated rings. The number of unbranched alkanes of at least 4 members (excludes halogenated alkanes) is 1. The van der Waals surface area contributed by atoms with Crippen LogP contribution in [0.3, 0.4) is 0 Å². The van der Waals surface area contributed by atoms with Crippen LogP contribution in [-0.4, -0.2) is 68.7 Å². The summed E-state index contributed by atoms with van der Waals surface area (Å²) in [6.45, 7) is 3.99. The molecule has 0 bridgehead atoms. The molecule has 4 rings (SSSR count). The third-order valence-corrected chi connectivity index (χ3v) is 6.60. The largest absolute Gasteiger partial charge is 0.481 e. The van der Waals surface area contributed by atoms with Gasteiger partial charge in [0, 0.05) is 12.8 Å². The maximum atomic E-state index is 10.7. The Labute approximate surface area is 186 Å². The Morgan fingerprint density at radius 1 is 0.625 bits per heavy atom. The molecule has 2 aliphatic heterocycles. The van der Waals surface area contributed by atoms with E-state index in [-0.39, 0.29) is 48.7 Å². The van der Waals surface area contributed by atoms with Crippen LogP contribution in [0.1, 0.15) is 65.2 Å². The van der Waals surface area contributed by atoms with Crippen LogP contribution in [-0.2, 0) is 28.7 Å². The normalized spacial score (nSPS) is 35.9. The van der Waals surface area contributed by atoms with E-state index in [1.54, 1.807) is 0 Å². The van der Waals surface area contributed by atoms with E-state index in [0.717, 1.165) is 25.7 Å². The minimum absolute atomic E-state index is 0.0628. The van der Waals surface area contributed by atoms with E-state index in [9.17, 15) is 19.2 Å². The average molecular weight is 459 g/mol. The van der Waals surface area contributed by atoms with Gasteiger partial charge in [-0.3, -0.25) is 19.2 Å². The molecule has 0 radical (unpaired) electrons. The Morgan fingerprint density at radius 2 is 0.938 bits per heavy atom. The number of rotatable bonds is 7. The van der Waals surface area contributed by atoms with Crippen molar-refractivity contribution < 1.29 is 49.1 Å². The fourth-order valence-electron chi connectivity index (χ4n) is 4.46. The minimum Gasteiger partial charge on any atom is -0.481 e. The first kappa shape index (κ1) is 26.1. The molecule has 10 nitrogen and oxygen atoms in total. The summed E-state index contributed by atoms with van der Waals surface area (Å²) in [4.78, 5) is 41.1. The summed E-state index contributed by atoms with van der Waals surface area (Å²) in [5.41, 5.74) is 0. The second-order valence-corrected chi connectivity index (χ2v) is 9.21. The zero-order valence-electron chi connectivity index (χ0n) is 18.5. The molecular formula is C22H34O10. The molecule has 0 spiro atoms. The second kappa shape index (κ2) is 11.6. The first-order chi connectivity index (χ1) is 15.0. The molecule has 8 atom stereocenters. The number of epoxide rings is 2. The van der Waals surface area contributed by atoms with Crippen LogP contribution in [0.25, 0.3) is 0 Å². The molecule has 0 amide bonds. The third-order valence-electron chi connectivity index (χ3n) is 6.60. The van der Waals surface area contributed by atoms with Crippen LogP contribution in [0.4, 0.5) is 0 Å². The Balaban J connectivity index is 0.000000171. The van der Waals surface area contributed by atoms with Gasteiger partial charge in [0.2, 0.25) is 0 Å². The molecular weight excluding hydrogens is 424 g/mol. The molecule has 0 aromatic rings. The van der Waals surface area contributed by atoms with Gasteiger partial charge in [-0.2, -0.15) is 0 Å². The maximum absolute atomic E-state index is 10.7. The van der Waals surface area contributed by atoms with E-state index in [2.05, 4.69) is 0 Å². The van der Waals surface area contributed by atoms with Crippen molar-refractivity contribution in [1.82, 2.24) is 0 Å². The third kappa shape index (κ3) is 8.38. The van der Waals surface area contributed by atoms with Crippen molar-refractivity contribution in [3.05, 3.63) is 0 Å². The Kier molecular flexibility index (Phi) is 9.45. The highest BCUT2D eigenvalue weighted by molar-refractivity contribution is 5.71. The lowest BCUT2D eigenvalue weighted by Gasteiger charge is -2.21. The fourth-order valence-corrected chi connectivity index (χ4v) is 4.46. The maximum Gasteiger partial charge on any atom is 0.306 e. The number of carbonyl (C=O) groups is 4. The monoisotopic (exact) mass is 458 g/mol. The van der Waals surface area contributed by atoms with Crippen LogP contribution < -0.4 is 0 Å². The number of hydrogen-bond acceptors (Lipinski definition) is 6. The molecule has 182 valence electrons. The highest BCUT2D eigenvalue weighted by Gasteiger charge is 2.49. The van der Waals surface area contributed by atoms with Crippen molar-refractivity contribution in [3.8, 4) is 0 Å². The van der Waals surface area contributed by atoms with Crippen molar-refractivity contribution in [3.63, 3.8) is 0 Å². The molecule has 2 saturated heterocycles. The van der Waals surface area contributed by atoms with Gasteiger partial charge in [-0.1, -0.05) is 13.8 Å². The zero-order valence-corrected chi connectivity index (χ0v) is 18.5. The van der Waals surface area contributed by atoms with Crippen LogP contribution >= 0.6 is 0 Å². The predicted octanol–water partition coefficient (Wildman–Crippen LogP) is 2.49. The average Bonchev–Trinajstić information content (AvgIpc) is 3.59. The van der Waals surface area contributed by atoms with Crippen LogP contribution in [0.2, 0.25) is 0 Å². The highest BCUT2D eigenvalue weighted by Crippen LogP contribution is 2.43. The standard InChI is InChI=1S/2C8H12O3.C6H10O4/c2*1-4-2-6-7(11-6)3-5(4)8(9)10;7-5(8)3-1-2-4-6(9)10/h2*4-7H,2-3H2,1H3,(H,9,10);1-4H2,(H,7,8)(H,9,10). The highest BCUT2D eigenvalue weighted by atomic mass is 16.6. The van der Waals surface area contributed by atoms with E-state index in [0.29, 0.717) is 25.0 Å². The molecule has 32 heavy (non-hydrogen) atoms. The second-order valence-electron chi connectivity index (χ2n) is 9.21. The molecule has 2 heterocycles. The molecule has 4 aliphatic rings. The summed E-state index contributed by atoms with van der Waals surface area (Å²) in [6, 6.07) is 0. The number of ether oxygens (including phenoxy) is 2. The van der Waals surface area contributed by atoms with E-state index in [1.807, 2.05) is 13.8 Å². The van der Waals surface area contributed by atoms with E-state index >= 15 is 0 Å². The van der Waals surface area contributed by atoms with Gasteiger partial charge < -0.3 is 29.9 Å². The van der Waals surface area contributed by atoms with E-state index in [4.69, 9.17) is 29.9 Å². The SMILES string of the molecule is CC1CC2OC2CC1C(=O)O.CC1CC2OC2CC1C(=O)O.O=C(O)CCCCC(=O)O. The summed E-state index contributed by atoms with van der Waals surface area (Å²) in [6.07, 6.45) is 5.65. The van der Waals surface area contributed by atoms with Gasteiger partial charge in [0.1, 0.15) is 0 Å². The zero-order chi connectivity index (χ0) is 24.0. The summed E-state index contributed by atoms with van der Waals surface area (Å²) in [5.74, 6) is -2.82. The molecule has 2 saturated carbocycles. The summed E-state index contributed by atoms with van der Waals surface area (Å²) >= 11 is 0. The molecule has 4 N–H and O–H groups in total. The molecule has 0 aromatic carbocycles. The smallest absolute Gasteiger partial charge is 0.306 e. The summed E-state index contributed by atoms with van der Waals surface area (Å²) in [5, 5.41) is 33.8. The van der Waals surface area contributed by atoms with E-state index < -0.39 is 23.9 Å². The predicted molar refractivity (Wildman–Crippen MR) is 110 cm³/mol. The van der Waals surface area contributed by atoms with E-state index in [1.165, 1.54) is 0 Å². The van der Waals surface area contributed by atoms with Gasteiger partial charge in [0.25, 0.3) is 0 Å². The van der Waals surface area contributed by atoms with Gasteiger partial charge in [0.15, 0.2) is 0 Å². The van der Waals surface area contributed by atoms with Gasteiger partial charge in [-0.25, -0.2) is 0 Å². The van der Waals surface area contributed by atoms with Gasteiger partial charge in [0.05, 0.1) is 36.3 Å².